The van der Waals surface area contributed by atoms with Crippen LogP contribution in [0.25, 0.3) is 0 Å². The first kappa shape index (κ1) is 22.6. The van der Waals surface area contributed by atoms with Gasteiger partial charge in [-0.2, -0.15) is 4.31 Å². The highest BCUT2D eigenvalue weighted by Gasteiger charge is 2.31. The summed E-state index contributed by atoms with van der Waals surface area (Å²) < 4.78 is 27.6. The lowest BCUT2D eigenvalue weighted by Gasteiger charge is -2.30. The molecule has 0 bridgehead atoms. The summed E-state index contributed by atoms with van der Waals surface area (Å²) in [5.41, 5.74) is 1.85. The minimum absolute atomic E-state index is 0.101. The Bertz CT molecular complexity index is 1150. The summed E-state index contributed by atoms with van der Waals surface area (Å²) >= 11 is 1.28. The highest BCUT2D eigenvalue weighted by Crippen LogP contribution is 2.32. The summed E-state index contributed by atoms with van der Waals surface area (Å²) in [7, 11) is -3.51. The number of benzene rings is 2. The number of piperidine rings is 1. The van der Waals surface area contributed by atoms with Crippen LogP contribution in [0, 0.1) is 0 Å². The van der Waals surface area contributed by atoms with Crippen molar-refractivity contribution in [3.05, 3.63) is 70.2 Å². The maximum Gasteiger partial charge on any atom is 0.286 e. The molecule has 2 aromatic carbocycles. The highest BCUT2D eigenvalue weighted by atomic mass is 32.2. The molecule has 0 radical (unpaired) electrons. The van der Waals surface area contributed by atoms with Gasteiger partial charge < -0.3 is 5.32 Å². The van der Waals surface area contributed by atoms with Gasteiger partial charge in [-0.1, -0.05) is 55.0 Å². The van der Waals surface area contributed by atoms with Crippen molar-refractivity contribution in [2.24, 2.45) is 0 Å². The van der Waals surface area contributed by atoms with E-state index in [2.05, 4.69) is 22.4 Å². The number of carbonyl (C=O) groups is 1. The number of hydrogen-bond donors (Lipinski definition) is 1. The van der Waals surface area contributed by atoms with Gasteiger partial charge in [-0.3, -0.25) is 4.79 Å². The van der Waals surface area contributed by atoms with E-state index >= 15 is 0 Å². The van der Waals surface area contributed by atoms with Crippen LogP contribution in [0.3, 0.4) is 0 Å². The van der Waals surface area contributed by atoms with Gasteiger partial charge in [-0.05, 0) is 49.1 Å². The van der Waals surface area contributed by atoms with E-state index in [1.165, 1.54) is 11.3 Å². The van der Waals surface area contributed by atoms with Gasteiger partial charge in [0.2, 0.25) is 15.0 Å². The van der Waals surface area contributed by atoms with Gasteiger partial charge in [-0.15, -0.1) is 10.2 Å². The molecule has 0 saturated carbocycles. The standard InChI is InChI=1S/C23H26N4O3S2/c1-2-6-17-9-11-20(12-10-17)32(29,30)27-15-13-18(14-16-27)22-25-26-23(31-22)21(28)24-19-7-4-3-5-8-19/h3-5,7-12,18H,2,6,13-16H2,1H3,(H,24,28). The van der Waals surface area contributed by atoms with E-state index in [0.717, 1.165) is 23.4 Å². The Morgan fingerprint density at radius 1 is 1.06 bits per heavy atom. The molecule has 3 aromatic rings. The molecule has 0 unspecified atom stereocenters. The normalized spacial score (nSPS) is 15.5. The van der Waals surface area contributed by atoms with Crippen LogP contribution >= 0.6 is 11.3 Å². The molecule has 2 heterocycles. The summed E-state index contributed by atoms with van der Waals surface area (Å²) in [4.78, 5) is 12.8. The van der Waals surface area contributed by atoms with Gasteiger partial charge >= 0.3 is 0 Å². The molecular formula is C23H26N4O3S2. The molecule has 1 aromatic heterocycles. The number of carbonyl (C=O) groups excluding carboxylic acids is 1. The third kappa shape index (κ3) is 5.06. The molecule has 0 aliphatic carbocycles. The first-order chi connectivity index (χ1) is 15.5. The van der Waals surface area contributed by atoms with Gasteiger partial charge in [0.25, 0.3) is 5.91 Å². The number of aromatic nitrogens is 2. The van der Waals surface area contributed by atoms with Crippen LogP contribution in [0.2, 0.25) is 0 Å². The zero-order chi connectivity index (χ0) is 22.6. The lowest BCUT2D eigenvalue weighted by Crippen LogP contribution is -2.37. The molecule has 7 nitrogen and oxygen atoms in total. The molecule has 1 saturated heterocycles. The molecule has 1 fully saturated rings. The zero-order valence-electron chi connectivity index (χ0n) is 17.9. The lowest BCUT2D eigenvalue weighted by molar-refractivity contribution is 0.102. The van der Waals surface area contributed by atoms with Crippen LogP contribution < -0.4 is 5.32 Å². The number of sulfonamides is 1. The monoisotopic (exact) mass is 470 g/mol. The summed E-state index contributed by atoms with van der Waals surface area (Å²) in [5.74, 6) is -0.185. The third-order valence-corrected chi connectivity index (χ3v) is 8.57. The first-order valence-corrected chi connectivity index (χ1v) is 13.0. The van der Waals surface area contributed by atoms with E-state index in [9.17, 15) is 13.2 Å². The quantitative estimate of drug-likeness (QED) is 0.555. The van der Waals surface area contributed by atoms with Crippen molar-refractivity contribution in [2.45, 2.75) is 43.4 Å². The SMILES string of the molecule is CCCc1ccc(S(=O)(=O)N2CCC(c3nnc(C(=O)Nc4ccccc4)s3)CC2)cc1. The Balaban J connectivity index is 1.37. The number of rotatable bonds is 7. The minimum atomic E-state index is -3.51. The summed E-state index contributed by atoms with van der Waals surface area (Å²) in [6.07, 6.45) is 3.28. The van der Waals surface area contributed by atoms with Crippen molar-refractivity contribution >= 4 is 33.0 Å². The second-order valence-corrected chi connectivity index (χ2v) is 10.8. The van der Waals surface area contributed by atoms with Crippen LogP contribution in [0.15, 0.2) is 59.5 Å². The Morgan fingerprint density at radius 3 is 2.41 bits per heavy atom. The van der Waals surface area contributed by atoms with Crippen molar-refractivity contribution in [2.75, 3.05) is 18.4 Å². The van der Waals surface area contributed by atoms with Gasteiger partial charge in [-0.25, -0.2) is 8.42 Å². The van der Waals surface area contributed by atoms with Crippen LogP contribution in [0.1, 0.15) is 52.5 Å². The summed E-state index contributed by atoms with van der Waals surface area (Å²) in [5, 5.41) is 12.2. The second-order valence-electron chi connectivity index (χ2n) is 7.84. The maximum absolute atomic E-state index is 13.0. The average molecular weight is 471 g/mol. The molecule has 9 heteroatoms. The number of nitrogens with zero attached hydrogens (tertiary/aromatic N) is 3. The third-order valence-electron chi connectivity index (χ3n) is 5.57. The highest BCUT2D eigenvalue weighted by molar-refractivity contribution is 7.89. The van der Waals surface area contributed by atoms with Crippen LogP contribution in [-0.2, 0) is 16.4 Å². The Morgan fingerprint density at radius 2 is 1.75 bits per heavy atom. The van der Waals surface area contributed by atoms with Gasteiger partial charge in [0, 0.05) is 24.7 Å². The van der Waals surface area contributed by atoms with E-state index in [4.69, 9.17) is 0 Å². The van der Waals surface area contributed by atoms with E-state index in [-0.39, 0.29) is 11.8 Å². The Labute approximate surface area is 192 Å². The molecule has 4 rings (SSSR count). The fourth-order valence-corrected chi connectivity index (χ4v) is 6.18. The maximum atomic E-state index is 13.0. The van der Waals surface area contributed by atoms with E-state index in [1.807, 2.05) is 42.5 Å². The van der Waals surface area contributed by atoms with E-state index < -0.39 is 10.0 Å². The van der Waals surface area contributed by atoms with E-state index in [1.54, 1.807) is 16.4 Å². The molecular weight excluding hydrogens is 444 g/mol. The number of anilines is 1. The molecule has 1 amide bonds. The number of nitrogens with one attached hydrogen (secondary N) is 1. The molecule has 0 spiro atoms. The number of amides is 1. The number of aryl methyl sites for hydroxylation is 1. The Hall–Kier alpha value is -2.62. The van der Waals surface area contributed by atoms with Crippen molar-refractivity contribution in [1.82, 2.24) is 14.5 Å². The minimum Gasteiger partial charge on any atom is -0.320 e. The van der Waals surface area contributed by atoms with Crippen molar-refractivity contribution in [3.8, 4) is 0 Å². The molecule has 1 aliphatic heterocycles. The average Bonchev–Trinajstić information content (AvgIpc) is 3.31. The number of para-hydroxylation sites is 1. The molecule has 1 aliphatic rings. The van der Waals surface area contributed by atoms with Crippen LogP contribution in [0.4, 0.5) is 5.69 Å². The van der Waals surface area contributed by atoms with Crippen molar-refractivity contribution in [1.29, 1.82) is 0 Å². The topological polar surface area (TPSA) is 92.3 Å². The molecule has 1 N–H and O–H groups in total. The predicted molar refractivity (Wildman–Crippen MR) is 125 cm³/mol. The smallest absolute Gasteiger partial charge is 0.286 e. The fourth-order valence-electron chi connectivity index (χ4n) is 3.81. The summed E-state index contributed by atoms with van der Waals surface area (Å²) in [6, 6.07) is 16.4. The first-order valence-electron chi connectivity index (χ1n) is 10.8. The molecule has 32 heavy (non-hydrogen) atoms. The van der Waals surface area contributed by atoms with Gasteiger partial charge in [0.05, 0.1) is 4.90 Å². The predicted octanol–water partition coefficient (Wildman–Crippen LogP) is 4.31. The van der Waals surface area contributed by atoms with Crippen LogP contribution in [-0.4, -0.2) is 41.9 Å². The zero-order valence-corrected chi connectivity index (χ0v) is 19.5. The van der Waals surface area contributed by atoms with Gasteiger partial charge in [0.1, 0.15) is 5.01 Å². The largest absolute Gasteiger partial charge is 0.320 e. The lowest BCUT2D eigenvalue weighted by atomic mass is 9.99. The van der Waals surface area contributed by atoms with E-state index in [0.29, 0.717) is 41.5 Å². The fraction of sp³-hybridized carbons (Fsp3) is 0.348. The van der Waals surface area contributed by atoms with Crippen molar-refractivity contribution < 1.29 is 13.2 Å². The number of hydrogen-bond acceptors (Lipinski definition) is 6. The second kappa shape index (κ2) is 9.89. The summed E-state index contributed by atoms with van der Waals surface area (Å²) in [6.45, 7) is 2.95. The van der Waals surface area contributed by atoms with Crippen LogP contribution in [0.5, 0.6) is 0 Å². The molecule has 0 atom stereocenters. The molecule has 168 valence electrons. The van der Waals surface area contributed by atoms with Crippen molar-refractivity contribution in [3.63, 3.8) is 0 Å². The Kier molecular flexibility index (Phi) is 6.98. The van der Waals surface area contributed by atoms with Gasteiger partial charge in [0.15, 0.2) is 0 Å².